The van der Waals surface area contributed by atoms with Gasteiger partial charge in [-0.2, -0.15) is 4.31 Å². The van der Waals surface area contributed by atoms with Crippen LogP contribution in [0.1, 0.15) is 30.5 Å². The normalized spacial score (nSPS) is 15.1. The summed E-state index contributed by atoms with van der Waals surface area (Å²) in [6.45, 7) is 9.06. The van der Waals surface area contributed by atoms with Crippen molar-refractivity contribution in [2.45, 2.75) is 45.1 Å². The van der Waals surface area contributed by atoms with Crippen molar-refractivity contribution in [3.63, 3.8) is 0 Å². The molecule has 4 rings (SSSR count). The predicted octanol–water partition coefficient (Wildman–Crippen LogP) is 4.04. The molecule has 2 aromatic carbocycles. The van der Waals surface area contributed by atoms with Crippen LogP contribution in [0.3, 0.4) is 0 Å². The van der Waals surface area contributed by atoms with Gasteiger partial charge in [0, 0.05) is 24.0 Å². The third-order valence-corrected chi connectivity index (χ3v) is 7.71. The number of fused-ring (bicyclic) bond motifs is 1. The van der Waals surface area contributed by atoms with Crippen molar-refractivity contribution in [2.75, 3.05) is 31.6 Å². The van der Waals surface area contributed by atoms with Gasteiger partial charge in [-0.05, 0) is 69.2 Å². The van der Waals surface area contributed by atoms with E-state index in [1.807, 2.05) is 39.8 Å². The molecule has 1 amide bonds. The lowest BCUT2D eigenvalue weighted by atomic mass is 10.0. The summed E-state index contributed by atoms with van der Waals surface area (Å²) in [5.74, 6) is 0.114. The maximum absolute atomic E-state index is 13.1. The van der Waals surface area contributed by atoms with Crippen molar-refractivity contribution in [2.24, 2.45) is 0 Å². The van der Waals surface area contributed by atoms with Crippen LogP contribution in [0.15, 0.2) is 45.9 Å². The summed E-state index contributed by atoms with van der Waals surface area (Å²) in [4.78, 5) is 13.1. The Labute approximate surface area is 199 Å². The van der Waals surface area contributed by atoms with Crippen LogP contribution in [0.4, 0.5) is 5.69 Å². The first-order valence-corrected chi connectivity index (χ1v) is 12.7. The van der Waals surface area contributed by atoms with Gasteiger partial charge in [-0.3, -0.25) is 4.79 Å². The molecule has 0 aliphatic carbocycles. The maximum atomic E-state index is 13.1. The second-order valence-corrected chi connectivity index (χ2v) is 10.7. The average molecular weight is 487 g/mol. The van der Waals surface area contributed by atoms with Crippen molar-refractivity contribution in [3.05, 3.63) is 53.3 Å². The number of benzene rings is 2. The molecule has 8 nitrogen and oxygen atoms in total. The number of nitrogens with one attached hydrogen (secondary N) is 1. The molecule has 1 aromatic heterocycles. The zero-order valence-electron chi connectivity index (χ0n) is 19.9. The Bertz CT molecular complexity index is 1310. The van der Waals surface area contributed by atoms with Crippen LogP contribution in [0.2, 0.25) is 0 Å². The van der Waals surface area contributed by atoms with E-state index in [2.05, 4.69) is 5.32 Å². The van der Waals surface area contributed by atoms with Crippen molar-refractivity contribution >= 4 is 32.6 Å². The third-order valence-electron chi connectivity index (χ3n) is 5.82. The Kier molecular flexibility index (Phi) is 6.97. The lowest BCUT2D eigenvalue weighted by Crippen LogP contribution is -2.40. The number of aryl methyl sites for hydroxylation is 2. The minimum absolute atomic E-state index is 0.0804. The number of carbonyl (C=O) groups excluding carboxylic acids is 1. The molecular formula is C25H30N2O6S. The second kappa shape index (κ2) is 9.77. The van der Waals surface area contributed by atoms with Crippen molar-refractivity contribution in [1.29, 1.82) is 0 Å². The summed E-state index contributed by atoms with van der Waals surface area (Å²) >= 11 is 0. The third kappa shape index (κ3) is 5.11. The standard InChI is InChI=1S/C25H30N2O6S/c1-16(2)33-23-6-5-20(34(29,30)27-7-9-31-10-8-27)14-22(23)26-25(28)13-19-15-32-24-12-18(4)17(3)11-21(19)24/h5-6,11-12,14-16H,7-10,13H2,1-4H3,(H,26,28). The van der Waals surface area contributed by atoms with Crippen LogP contribution in [-0.4, -0.2) is 51.0 Å². The van der Waals surface area contributed by atoms with Crippen LogP contribution in [0.5, 0.6) is 5.75 Å². The number of furan rings is 1. The first-order chi connectivity index (χ1) is 16.1. The van der Waals surface area contributed by atoms with Gasteiger partial charge in [0.15, 0.2) is 0 Å². The second-order valence-electron chi connectivity index (χ2n) is 8.76. The number of hydrogen-bond donors (Lipinski definition) is 1. The molecule has 0 atom stereocenters. The molecule has 1 fully saturated rings. The molecule has 0 bridgehead atoms. The Morgan fingerprint density at radius 3 is 2.53 bits per heavy atom. The number of amides is 1. The summed E-state index contributed by atoms with van der Waals surface area (Å²) in [5.41, 5.74) is 4.04. The molecule has 0 spiro atoms. The van der Waals surface area contributed by atoms with E-state index in [4.69, 9.17) is 13.9 Å². The maximum Gasteiger partial charge on any atom is 0.243 e. The summed E-state index contributed by atoms with van der Waals surface area (Å²) in [6, 6.07) is 8.52. The number of sulfonamides is 1. The first-order valence-electron chi connectivity index (χ1n) is 11.3. The molecule has 0 saturated carbocycles. The molecule has 3 aromatic rings. The van der Waals surface area contributed by atoms with E-state index in [-0.39, 0.29) is 23.3 Å². The molecule has 0 radical (unpaired) electrons. The number of ether oxygens (including phenoxy) is 2. The molecule has 1 saturated heterocycles. The Hall–Kier alpha value is -2.88. The largest absolute Gasteiger partial charge is 0.489 e. The van der Waals surface area contributed by atoms with E-state index < -0.39 is 10.0 Å². The van der Waals surface area contributed by atoms with Gasteiger partial charge < -0.3 is 19.2 Å². The number of carbonyl (C=O) groups is 1. The lowest BCUT2D eigenvalue weighted by Gasteiger charge is -2.26. The Balaban J connectivity index is 1.61. The number of anilines is 1. The number of nitrogens with zero attached hydrogens (tertiary/aromatic N) is 1. The molecule has 34 heavy (non-hydrogen) atoms. The minimum atomic E-state index is -3.72. The van der Waals surface area contributed by atoms with Crippen LogP contribution in [0.25, 0.3) is 11.0 Å². The number of morpholine rings is 1. The fraction of sp³-hybridized carbons (Fsp3) is 0.400. The van der Waals surface area contributed by atoms with E-state index in [1.54, 1.807) is 12.3 Å². The smallest absolute Gasteiger partial charge is 0.243 e. The van der Waals surface area contributed by atoms with Gasteiger partial charge in [0.05, 0.1) is 42.6 Å². The van der Waals surface area contributed by atoms with E-state index in [1.165, 1.54) is 16.4 Å². The first kappa shape index (κ1) is 24.3. The van der Waals surface area contributed by atoms with Crippen molar-refractivity contribution in [3.8, 4) is 5.75 Å². The van der Waals surface area contributed by atoms with Crippen molar-refractivity contribution in [1.82, 2.24) is 4.31 Å². The monoisotopic (exact) mass is 486 g/mol. The van der Waals surface area contributed by atoms with Crippen LogP contribution < -0.4 is 10.1 Å². The summed E-state index contributed by atoms with van der Waals surface area (Å²) in [6.07, 6.45) is 1.52. The molecule has 9 heteroatoms. The summed E-state index contributed by atoms with van der Waals surface area (Å²) in [5, 5.41) is 3.74. The zero-order valence-corrected chi connectivity index (χ0v) is 20.7. The lowest BCUT2D eigenvalue weighted by molar-refractivity contribution is -0.115. The number of hydrogen-bond acceptors (Lipinski definition) is 6. The summed E-state index contributed by atoms with van der Waals surface area (Å²) < 4.78 is 44.4. The highest BCUT2D eigenvalue weighted by Gasteiger charge is 2.27. The van der Waals surface area contributed by atoms with E-state index in [9.17, 15) is 13.2 Å². The van der Waals surface area contributed by atoms with Gasteiger partial charge >= 0.3 is 0 Å². The molecule has 1 aliphatic rings. The SMILES string of the molecule is Cc1cc2occ(CC(=O)Nc3cc(S(=O)(=O)N4CCOCC4)ccc3OC(C)C)c2cc1C. The number of rotatable bonds is 7. The quantitative estimate of drug-likeness (QED) is 0.541. The Morgan fingerprint density at radius 2 is 1.82 bits per heavy atom. The highest BCUT2D eigenvalue weighted by Crippen LogP contribution is 2.31. The predicted molar refractivity (Wildman–Crippen MR) is 130 cm³/mol. The van der Waals surface area contributed by atoms with Gasteiger partial charge in [0.2, 0.25) is 15.9 Å². The summed E-state index contributed by atoms with van der Waals surface area (Å²) in [7, 11) is -3.72. The van der Waals surface area contributed by atoms with Gasteiger partial charge in [-0.1, -0.05) is 0 Å². The van der Waals surface area contributed by atoms with Crippen LogP contribution in [0, 0.1) is 13.8 Å². The minimum Gasteiger partial charge on any atom is -0.489 e. The zero-order chi connectivity index (χ0) is 24.5. The van der Waals surface area contributed by atoms with Gasteiger partial charge in [-0.25, -0.2) is 8.42 Å². The van der Waals surface area contributed by atoms with Gasteiger partial charge in [0.25, 0.3) is 0 Å². The van der Waals surface area contributed by atoms with Gasteiger partial charge in [-0.15, -0.1) is 0 Å². The highest BCUT2D eigenvalue weighted by molar-refractivity contribution is 7.89. The van der Waals surface area contributed by atoms with E-state index in [0.717, 1.165) is 27.7 Å². The fourth-order valence-electron chi connectivity index (χ4n) is 3.90. The highest BCUT2D eigenvalue weighted by atomic mass is 32.2. The molecule has 2 heterocycles. The van der Waals surface area contributed by atoms with Gasteiger partial charge in [0.1, 0.15) is 11.3 Å². The van der Waals surface area contributed by atoms with Crippen molar-refractivity contribution < 1.29 is 27.1 Å². The molecular weight excluding hydrogens is 456 g/mol. The molecule has 1 aliphatic heterocycles. The van der Waals surface area contributed by atoms with Crippen LogP contribution in [-0.2, 0) is 26.0 Å². The average Bonchev–Trinajstić information content (AvgIpc) is 3.16. The molecule has 1 N–H and O–H groups in total. The van der Waals surface area contributed by atoms with E-state index >= 15 is 0 Å². The van der Waals surface area contributed by atoms with E-state index in [0.29, 0.717) is 37.7 Å². The van der Waals surface area contributed by atoms with Crippen LogP contribution >= 0.6 is 0 Å². The molecule has 182 valence electrons. The topological polar surface area (TPSA) is 98.1 Å². The molecule has 0 unspecified atom stereocenters. The fourth-order valence-corrected chi connectivity index (χ4v) is 5.34. The Morgan fingerprint density at radius 1 is 1.12 bits per heavy atom.